The van der Waals surface area contributed by atoms with Crippen LogP contribution in [-0.2, 0) is 0 Å². The lowest BCUT2D eigenvalue weighted by atomic mass is 9.85. The Kier molecular flexibility index (Phi) is 5.58. The first-order chi connectivity index (χ1) is 14.0. The first kappa shape index (κ1) is 19.5. The zero-order chi connectivity index (χ0) is 20.4. The van der Waals surface area contributed by atoms with E-state index in [2.05, 4.69) is 17.3 Å². The predicted octanol–water partition coefficient (Wildman–Crippen LogP) is 4.14. The molecular weight excluding hydrogens is 364 g/mol. The standard InChI is InChI=1S/C22H30N6O/c1-3-12-29-18-10-8-17(9-11-18)25-20-14(2)21(24)27-28-13-19(26-22(20)28)15-4-6-16(23)7-5-15/h8-11,13,15-16,25H,3-7,12,23H2,1-2H3,(H2,24,27). The first-order valence-electron chi connectivity index (χ1n) is 10.5. The molecule has 1 fully saturated rings. The van der Waals surface area contributed by atoms with Crippen molar-refractivity contribution in [1.29, 1.82) is 0 Å². The predicted molar refractivity (Wildman–Crippen MR) is 117 cm³/mol. The van der Waals surface area contributed by atoms with Gasteiger partial charge in [-0.25, -0.2) is 9.50 Å². The van der Waals surface area contributed by atoms with E-state index in [1.54, 1.807) is 4.52 Å². The molecule has 29 heavy (non-hydrogen) atoms. The highest BCUT2D eigenvalue weighted by Crippen LogP contribution is 2.34. The Balaban J connectivity index is 1.63. The van der Waals surface area contributed by atoms with Gasteiger partial charge in [-0.3, -0.25) is 0 Å². The number of anilines is 3. The summed E-state index contributed by atoms with van der Waals surface area (Å²) in [5.74, 6) is 1.80. The maximum absolute atomic E-state index is 6.19. The molecule has 1 aliphatic rings. The van der Waals surface area contributed by atoms with Gasteiger partial charge in [0.1, 0.15) is 11.6 Å². The molecule has 3 aromatic rings. The van der Waals surface area contributed by atoms with Crippen LogP contribution >= 0.6 is 0 Å². The lowest BCUT2D eigenvalue weighted by Crippen LogP contribution is -2.25. The normalized spacial score (nSPS) is 19.4. The van der Waals surface area contributed by atoms with E-state index in [4.69, 9.17) is 21.2 Å². The second-order valence-corrected chi connectivity index (χ2v) is 7.93. The van der Waals surface area contributed by atoms with Crippen LogP contribution in [0.2, 0.25) is 0 Å². The van der Waals surface area contributed by atoms with Gasteiger partial charge in [-0.2, -0.15) is 0 Å². The number of ether oxygens (including phenoxy) is 1. The Morgan fingerprint density at radius 1 is 1.17 bits per heavy atom. The van der Waals surface area contributed by atoms with Crippen molar-refractivity contribution in [3.63, 3.8) is 0 Å². The van der Waals surface area contributed by atoms with Crippen LogP contribution < -0.4 is 21.5 Å². The van der Waals surface area contributed by atoms with Crippen molar-refractivity contribution in [3.05, 3.63) is 41.7 Å². The van der Waals surface area contributed by atoms with Gasteiger partial charge in [-0.1, -0.05) is 6.92 Å². The number of rotatable bonds is 6. The molecule has 7 nitrogen and oxygen atoms in total. The highest BCUT2D eigenvalue weighted by molar-refractivity contribution is 5.80. The van der Waals surface area contributed by atoms with Gasteiger partial charge in [0.15, 0.2) is 5.65 Å². The lowest BCUT2D eigenvalue weighted by Gasteiger charge is -2.24. The minimum absolute atomic E-state index is 0.320. The van der Waals surface area contributed by atoms with E-state index < -0.39 is 0 Å². The summed E-state index contributed by atoms with van der Waals surface area (Å²) < 4.78 is 7.47. The second kappa shape index (κ2) is 8.29. The number of nitrogens with one attached hydrogen (secondary N) is 1. The maximum atomic E-state index is 6.19. The summed E-state index contributed by atoms with van der Waals surface area (Å²) in [5.41, 5.74) is 16.9. The van der Waals surface area contributed by atoms with E-state index in [-0.39, 0.29) is 0 Å². The van der Waals surface area contributed by atoms with Crippen LogP contribution in [0.3, 0.4) is 0 Å². The number of imidazole rings is 1. The third kappa shape index (κ3) is 4.15. The molecule has 4 rings (SSSR count). The monoisotopic (exact) mass is 394 g/mol. The molecule has 0 saturated heterocycles. The minimum Gasteiger partial charge on any atom is -0.494 e. The molecule has 2 heterocycles. The molecule has 0 radical (unpaired) electrons. The summed E-state index contributed by atoms with van der Waals surface area (Å²) in [4.78, 5) is 4.93. The van der Waals surface area contributed by atoms with Crippen LogP contribution in [-0.4, -0.2) is 27.2 Å². The van der Waals surface area contributed by atoms with Crippen LogP contribution in [0, 0.1) is 6.92 Å². The van der Waals surface area contributed by atoms with Crippen molar-refractivity contribution in [2.24, 2.45) is 5.73 Å². The summed E-state index contributed by atoms with van der Waals surface area (Å²) in [6, 6.07) is 8.27. The molecule has 7 heteroatoms. The molecule has 1 saturated carbocycles. The number of nitrogens with zero attached hydrogens (tertiary/aromatic N) is 3. The average molecular weight is 395 g/mol. The fourth-order valence-corrected chi connectivity index (χ4v) is 3.88. The van der Waals surface area contributed by atoms with Crippen LogP contribution in [0.1, 0.15) is 56.2 Å². The molecule has 2 aromatic heterocycles. The third-order valence-corrected chi connectivity index (χ3v) is 5.69. The van der Waals surface area contributed by atoms with Gasteiger partial charge in [0.25, 0.3) is 0 Å². The number of nitrogen functional groups attached to an aromatic ring is 1. The van der Waals surface area contributed by atoms with E-state index in [1.165, 1.54) is 0 Å². The molecule has 0 spiro atoms. The summed E-state index contributed by atoms with van der Waals surface area (Å²) in [6.07, 6.45) is 7.24. The minimum atomic E-state index is 0.320. The fourth-order valence-electron chi connectivity index (χ4n) is 3.88. The molecule has 0 atom stereocenters. The first-order valence-corrected chi connectivity index (χ1v) is 10.5. The van der Waals surface area contributed by atoms with Gasteiger partial charge in [0, 0.05) is 23.2 Å². The number of benzene rings is 1. The summed E-state index contributed by atoms with van der Waals surface area (Å²) >= 11 is 0. The Hall–Kier alpha value is -2.80. The number of aromatic nitrogens is 3. The van der Waals surface area contributed by atoms with Crippen LogP contribution in [0.5, 0.6) is 5.75 Å². The molecule has 0 bridgehead atoms. The molecule has 1 aromatic carbocycles. The van der Waals surface area contributed by atoms with E-state index >= 15 is 0 Å². The number of hydrogen-bond donors (Lipinski definition) is 3. The maximum Gasteiger partial charge on any atom is 0.177 e. The van der Waals surface area contributed by atoms with Crippen LogP contribution in [0.4, 0.5) is 17.2 Å². The lowest BCUT2D eigenvalue weighted by molar-refractivity contribution is 0.317. The van der Waals surface area contributed by atoms with E-state index in [0.29, 0.717) is 17.8 Å². The zero-order valence-corrected chi connectivity index (χ0v) is 17.2. The van der Waals surface area contributed by atoms with Gasteiger partial charge in [-0.15, -0.1) is 5.10 Å². The highest BCUT2D eigenvalue weighted by Gasteiger charge is 2.23. The summed E-state index contributed by atoms with van der Waals surface area (Å²) in [7, 11) is 0. The van der Waals surface area contributed by atoms with Crippen molar-refractivity contribution in [3.8, 4) is 5.75 Å². The number of fused-ring (bicyclic) bond motifs is 1. The third-order valence-electron chi connectivity index (χ3n) is 5.69. The Morgan fingerprint density at radius 2 is 1.90 bits per heavy atom. The average Bonchev–Trinajstić information content (AvgIpc) is 3.15. The molecular formula is C22H30N6O. The van der Waals surface area contributed by atoms with Gasteiger partial charge < -0.3 is 21.5 Å². The van der Waals surface area contributed by atoms with Gasteiger partial charge in [0.05, 0.1) is 24.2 Å². The van der Waals surface area contributed by atoms with E-state index in [1.807, 2.05) is 37.4 Å². The Labute approximate surface area is 171 Å². The largest absolute Gasteiger partial charge is 0.494 e. The second-order valence-electron chi connectivity index (χ2n) is 7.93. The topological polar surface area (TPSA) is 103 Å². The smallest absolute Gasteiger partial charge is 0.177 e. The molecule has 154 valence electrons. The molecule has 0 amide bonds. The van der Waals surface area contributed by atoms with Crippen molar-refractivity contribution in [2.75, 3.05) is 17.7 Å². The quantitative estimate of drug-likeness (QED) is 0.581. The molecule has 0 aliphatic heterocycles. The SMILES string of the molecule is CCCOc1ccc(Nc2c(C)c(N)nn3cc(C4CCC(N)CC4)nc23)cc1. The summed E-state index contributed by atoms with van der Waals surface area (Å²) in [6.45, 7) is 4.78. The van der Waals surface area contributed by atoms with Crippen molar-refractivity contribution >= 4 is 22.8 Å². The van der Waals surface area contributed by atoms with Crippen LogP contribution in [0.15, 0.2) is 30.5 Å². The van der Waals surface area contributed by atoms with E-state index in [9.17, 15) is 0 Å². The number of nitrogens with two attached hydrogens (primary N) is 2. The molecule has 0 unspecified atom stereocenters. The van der Waals surface area contributed by atoms with Crippen molar-refractivity contribution in [1.82, 2.24) is 14.6 Å². The Bertz CT molecular complexity index is 973. The Morgan fingerprint density at radius 3 is 2.59 bits per heavy atom. The summed E-state index contributed by atoms with van der Waals surface area (Å²) in [5, 5.41) is 7.99. The molecule has 5 N–H and O–H groups in total. The van der Waals surface area contributed by atoms with Gasteiger partial charge in [0.2, 0.25) is 0 Å². The highest BCUT2D eigenvalue weighted by atomic mass is 16.5. The van der Waals surface area contributed by atoms with Crippen molar-refractivity contribution < 1.29 is 4.74 Å². The number of hydrogen-bond acceptors (Lipinski definition) is 6. The fraction of sp³-hybridized carbons (Fsp3) is 0.455. The van der Waals surface area contributed by atoms with E-state index in [0.717, 1.165) is 72.7 Å². The van der Waals surface area contributed by atoms with Gasteiger partial charge in [-0.05, 0) is 63.3 Å². The van der Waals surface area contributed by atoms with Crippen molar-refractivity contribution in [2.45, 2.75) is 57.9 Å². The van der Waals surface area contributed by atoms with Gasteiger partial charge >= 0.3 is 0 Å². The van der Waals surface area contributed by atoms with Crippen LogP contribution in [0.25, 0.3) is 5.65 Å². The molecule has 1 aliphatic carbocycles. The zero-order valence-electron chi connectivity index (χ0n) is 17.2.